The van der Waals surface area contributed by atoms with Crippen LogP contribution in [-0.2, 0) is 9.53 Å². The summed E-state index contributed by atoms with van der Waals surface area (Å²) in [6.45, 7) is 1.50. The van der Waals surface area contributed by atoms with Crippen molar-refractivity contribution in [1.82, 2.24) is 35.2 Å². The van der Waals surface area contributed by atoms with Crippen molar-refractivity contribution in [1.29, 1.82) is 0 Å². The zero-order valence-corrected chi connectivity index (χ0v) is 16.5. The summed E-state index contributed by atoms with van der Waals surface area (Å²) in [7, 11) is 1.70. The Morgan fingerprint density at radius 2 is 2.13 bits per heavy atom. The second-order valence-corrected chi connectivity index (χ2v) is 7.65. The Kier molecular flexibility index (Phi) is 4.71. The number of rotatable bonds is 7. The number of hydrogen-bond acceptors (Lipinski definition) is 9. The number of nitrogens with zero attached hydrogens (tertiary/aromatic N) is 5. The summed E-state index contributed by atoms with van der Waals surface area (Å²) in [5, 5.41) is 14.5. The van der Waals surface area contributed by atoms with E-state index in [-0.39, 0.29) is 11.7 Å². The van der Waals surface area contributed by atoms with E-state index in [0.29, 0.717) is 35.8 Å². The van der Waals surface area contributed by atoms with Gasteiger partial charge in [-0.25, -0.2) is 9.80 Å². The second kappa shape index (κ2) is 7.54. The lowest BCUT2D eigenvalue weighted by Crippen LogP contribution is -2.38. The Morgan fingerprint density at radius 3 is 2.87 bits per heavy atom. The third-order valence-corrected chi connectivity index (χ3v) is 5.31. The van der Waals surface area contributed by atoms with Crippen molar-refractivity contribution >= 4 is 35.6 Å². The maximum absolute atomic E-state index is 11.9. The molecule has 2 aromatic rings. The van der Waals surface area contributed by atoms with Gasteiger partial charge in [0.1, 0.15) is 5.70 Å². The molecule has 0 radical (unpaired) electrons. The molecule has 4 heterocycles. The summed E-state index contributed by atoms with van der Waals surface area (Å²) >= 11 is 0. The highest BCUT2D eigenvalue weighted by molar-refractivity contribution is 6.14. The van der Waals surface area contributed by atoms with Gasteiger partial charge in [-0.1, -0.05) is 0 Å². The molecule has 0 spiro atoms. The van der Waals surface area contributed by atoms with E-state index in [1.54, 1.807) is 23.9 Å². The number of aromatic nitrogens is 4. The number of fused-ring (bicyclic) bond motifs is 1. The molecule has 0 aromatic carbocycles. The average Bonchev–Trinajstić information content (AvgIpc) is 3.12. The Bertz CT molecular complexity index is 1030. The molecule has 30 heavy (non-hydrogen) atoms. The molecule has 158 valence electrons. The predicted octanol–water partition coefficient (Wildman–Crippen LogP) is 0.317. The Balaban J connectivity index is 1.50. The summed E-state index contributed by atoms with van der Waals surface area (Å²) in [5.41, 5.74) is 4.59. The highest BCUT2D eigenvalue weighted by Gasteiger charge is 2.28. The van der Waals surface area contributed by atoms with Crippen LogP contribution in [0.3, 0.4) is 0 Å². The number of imide groups is 1. The number of urea groups is 1. The fourth-order valence-corrected chi connectivity index (χ4v) is 3.66. The van der Waals surface area contributed by atoms with Crippen molar-refractivity contribution in [3.8, 4) is 0 Å². The lowest BCUT2D eigenvalue weighted by atomic mass is 10.2. The molecule has 5 rings (SSSR count). The number of amides is 3. The zero-order valence-electron chi connectivity index (χ0n) is 16.5. The summed E-state index contributed by atoms with van der Waals surface area (Å²) in [5.74, 6) is 0.535. The van der Waals surface area contributed by atoms with Crippen LogP contribution in [0.1, 0.15) is 31.2 Å². The summed E-state index contributed by atoms with van der Waals surface area (Å²) in [4.78, 5) is 32.6. The molecule has 2 aromatic heterocycles. The number of hydrazine groups is 1. The molecular weight excluding hydrogens is 390 g/mol. The van der Waals surface area contributed by atoms with Gasteiger partial charge in [-0.2, -0.15) is 19.6 Å². The summed E-state index contributed by atoms with van der Waals surface area (Å²) < 4.78 is 6.93. The fourth-order valence-electron chi connectivity index (χ4n) is 3.66. The molecule has 3 fully saturated rings. The molecule has 12 heteroatoms. The molecule has 1 saturated carbocycles. The van der Waals surface area contributed by atoms with Crippen LogP contribution in [0, 0.1) is 0 Å². The van der Waals surface area contributed by atoms with E-state index in [0.717, 1.165) is 32.2 Å². The van der Waals surface area contributed by atoms with Crippen LogP contribution in [-0.4, -0.2) is 68.9 Å². The van der Waals surface area contributed by atoms with Gasteiger partial charge in [-0.05, 0) is 31.8 Å². The van der Waals surface area contributed by atoms with Crippen molar-refractivity contribution < 1.29 is 14.3 Å². The van der Waals surface area contributed by atoms with Crippen LogP contribution in [0.15, 0.2) is 11.9 Å². The van der Waals surface area contributed by atoms with Crippen LogP contribution in [0.5, 0.6) is 0 Å². The van der Waals surface area contributed by atoms with E-state index in [1.807, 2.05) is 0 Å². The normalized spacial score (nSPS) is 23.2. The molecule has 2 saturated heterocycles. The number of nitrogens with one attached hydrogen (secondary N) is 4. The Labute approximate surface area is 172 Å². The standard InChI is InChI=1S/C18H23N9O3/c1-30-9-12-3-2-6-26(12)25-16-22-14-10(7-13-15(28)23-18(29)21-13)8-19-27(14)17(24-16)20-11-4-5-11/h7-8,11-12H,2-6,9H2,1H3,(H2,20,22,24,25)(H2,21,23,28,29)/b13-7-/t12-/m0/s1. The van der Waals surface area contributed by atoms with Crippen LogP contribution in [0.25, 0.3) is 11.7 Å². The van der Waals surface area contributed by atoms with Gasteiger partial charge in [0.2, 0.25) is 11.9 Å². The zero-order chi connectivity index (χ0) is 20.7. The van der Waals surface area contributed by atoms with Crippen molar-refractivity contribution in [2.45, 2.75) is 37.8 Å². The molecule has 3 amide bonds. The average molecular weight is 413 g/mol. The van der Waals surface area contributed by atoms with Crippen LogP contribution in [0.4, 0.5) is 16.7 Å². The van der Waals surface area contributed by atoms with Crippen LogP contribution < -0.4 is 21.4 Å². The molecule has 1 aliphatic carbocycles. The number of ether oxygens (including phenoxy) is 1. The molecule has 12 nitrogen and oxygen atoms in total. The second-order valence-electron chi connectivity index (χ2n) is 7.65. The van der Waals surface area contributed by atoms with E-state index in [2.05, 4.69) is 41.5 Å². The highest BCUT2D eigenvalue weighted by Crippen LogP contribution is 2.26. The van der Waals surface area contributed by atoms with Crippen LogP contribution >= 0.6 is 0 Å². The first-order valence-electron chi connectivity index (χ1n) is 9.99. The number of carbonyl (C=O) groups is 2. The largest absolute Gasteiger partial charge is 0.383 e. The van der Waals surface area contributed by atoms with Gasteiger partial charge in [0.15, 0.2) is 5.65 Å². The van der Waals surface area contributed by atoms with Gasteiger partial charge >= 0.3 is 6.03 Å². The van der Waals surface area contributed by atoms with Gasteiger partial charge in [-0.3, -0.25) is 15.5 Å². The van der Waals surface area contributed by atoms with Crippen molar-refractivity contribution in [3.05, 3.63) is 17.5 Å². The molecule has 1 atom stereocenters. The van der Waals surface area contributed by atoms with E-state index in [1.165, 1.54) is 0 Å². The van der Waals surface area contributed by atoms with Gasteiger partial charge in [0, 0.05) is 25.3 Å². The summed E-state index contributed by atoms with van der Waals surface area (Å²) in [6.07, 6.45) is 7.43. The van der Waals surface area contributed by atoms with E-state index in [9.17, 15) is 9.59 Å². The van der Waals surface area contributed by atoms with Gasteiger partial charge < -0.3 is 15.4 Å². The lowest BCUT2D eigenvalue weighted by Gasteiger charge is -2.24. The molecule has 0 unspecified atom stereocenters. The lowest BCUT2D eigenvalue weighted by molar-refractivity contribution is -0.115. The van der Waals surface area contributed by atoms with E-state index in [4.69, 9.17) is 4.74 Å². The van der Waals surface area contributed by atoms with Crippen molar-refractivity contribution in [2.75, 3.05) is 31.0 Å². The maximum Gasteiger partial charge on any atom is 0.326 e. The molecule has 2 aliphatic heterocycles. The highest BCUT2D eigenvalue weighted by atomic mass is 16.5. The molecular formula is C18H23N9O3. The Hall–Kier alpha value is -3.25. The number of methoxy groups -OCH3 is 1. The van der Waals surface area contributed by atoms with E-state index >= 15 is 0 Å². The van der Waals surface area contributed by atoms with E-state index < -0.39 is 11.9 Å². The number of carbonyl (C=O) groups excluding carboxylic acids is 2. The molecule has 4 N–H and O–H groups in total. The smallest absolute Gasteiger partial charge is 0.326 e. The minimum atomic E-state index is -0.547. The van der Waals surface area contributed by atoms with Gasteiger partial charge in [0.05, 0.1) is 18.8 Å². The first-order valence-corrected chi connectivity index (χ1v) is 9.99. The third-order valence-electron chi connectivity index (χ3n) is 5.31. The molecule has 3 aliphatic rings. The first-order chi connectivity index (χ1) is 14.6. The topological polar surface area (TPSA) is 138 Å². The predicted molar refractivity (Wildman–Crippen MR) is 107 cm³/mol. The maximum atomic E-state index is 11.9. The SMILES string of the molecule is COC[C@@H]1CCCN1Nc1nc(NC2CC2)n2ncc(/C=C3\NC(=O)NC3=O)c2n1. The van der Waals surface area contributed by atoms with Crippen molar-refractivity contribution in [2.24, 2.45) is 0 Å². The van der Waals surface area contributed by atoms with Gasteiger partial charge in [0.25, 0.3) is 5.91 Å². The minimum absolute atomic E-state index is 0.152. The fraction of sp³-hybridized carbons (Fsp3) is 0.500. The number of hydrogen-bond donors (Lipinski definition) is 4. The van der Waals surface area contributed by atoms with Gasteiger partial charge in [-0.15, -0.1) is 0 Å². The molecule has 0 bridgehead atoms. The van der Waals surface area contributed by atoms with Crippen LogP contribution in [0.2, 0.25) is 0 Å². The quantitative estimate of drug-likeness (QED) is 0.373. The monoisotopic (exact) mass is 413 g/mol. The minimum Gasteiger partial charge on any atom is -0.383 e. The summed E-state index contributed by atoms with van der Waals surface area (Å²) in [6, 6.07) is 0.0717. The van der Waals surface area contributed by atoms with Crippen molar-refractivity contribution in [3.63, 3.8) is 0 Å². The Morgan fingerprint density at radius 1 is 1.27 bits per heavy atom. The first kappa shape index (κ1) is 18.8. The third kappa shape index (κ3) is 3.66. The number of anilines is 2.